The molecule has 0 unspecified atom stereocenters. The second kappa shape index (κ2) is 9.50. The summed E-state index contributed by atoms with van der Waals surface area (Å²) in [6, 6.07) is 19.9. The first kappa shape index (κ1) is 20.1. The molecule has 0 spiro atoms. The molecule has 3 aromatic rings. The van der Waals surface area contributed by atoms with Gasteiger partial charge in [0.25, 0.3) is 0 Å². The van der Waals surface area contributed by atoms with Gasteiger partial charge in [-0.1, -0.05) is 36.4 Å². The Hall–Kier alpha value is -3.67. The normalized spacial score (nSPS) is 10.3. The minimum atomic E-state index is -1.02. The lowest BCUT2D eigenvalue weighted by atomic mass is 10.2. The lowest BCUT2D eigenvalue weighted by molar-refractivity contribution is 0.0696. The molecular formula is C23H22O6. The van der Waals surface area contributed by atoms with Gasteiger partial charge >= 0.3 is 5.97 Å². The number of carboxylic acids is 1. The van der Waals surface area contributed by atoms with Crippen molar-refractivity contribution in [2.75, 3.05) is 14.2 Å². The molecule has 0 heterocycles. The average Bonchev–Trinajstić information content (AvgIpc) is 2.76. The van der Waals surface area contributed by atoms with Gasteiger partial charge in [0.15, 0.2) is 23.0 Å². The van der Waals surface area contributed by atoms with E-state index in [1.807, 2.05) is 48.5 Å². The highest BCUT2D eigenvalue weighted by atomic mass is 16.5. The predicted octanol–water partition coefficient (Wildman–Crippen LogP) is 4.56. The van der Waals surface area contributed by atoms with E-state index >= 15 is 0 Å². The van der Waals surface area contributed by atoms with Gasteiger partial charge in [0, 0.05) is 0 Å². The fraction of sp³-hybridized carbons (Fsp3) is 0.174. The van der Waals surface area contributed by atoms with E-state index in [9.17, 15) is 4.79 Å². The standard InChI is InChI=1S/C23H22O6/c1-26-21-12-17(8-10-19(21)28-14-16-6-4-3-5-7-16)15-29-20-11-9-18(23(24)25)13-22(20)27-2/h3-13H,14-15H2,1-2H3,(H,24,25). The van der Waals surface area contributed by atoms with Crippen LogP contribution in [-0.2, 0) is 13.2 Å². The molecule has 0 bridgehead atoms. The summed E-state index contributed by atoms with van der Waals surface area (Å²) in [5.41, 5.74) is 2.08. The van der Waals surface area contributed by atoms with Gasteiger partial charge in [0.1, 0.15) is 13.2 Å². The number of hydrogen-bond donors (Lipinski definition) is 1. The van der Waals surface area contributed by atoms with E-state index < -0.39 is 5.97 Å². The molecule has 6 heteroatoms. The Balaban J connectivity index is 1.68. The van der Waals surface area contributed by atoms with Crippen LogP contribution in [0.2, 0.25) is 0 Å². The highest BCUT2D eigenvalue weighted by molar-refractivity contribution is 5.88. The fourth-order valence-electron chi connectivity index (χ4n) is 2.74. The van der Waals surface area contributed by atoms with Crippen LogP contribution in [0.4, 0.5) is 0 Å². The minimum absolute atomic E-state index is 0.135. The van der Waals surface area contributed by atoms with Gasteiger partial charge in [-0.15, -0.1) is 0 Å². The molecule has 0 saturated heterocycles. The van der Waals surface area contributed by atoms with Crippen LogP contribution in [0.1, 0.15) is 21.5 Å². The van der Waals surface area contributed by atoms with Crippen molar-refractivity contribution >= 4 is 5.97 Å². The smallest absolute Gasteiger partial charge is 0.335 e. The van der Waals surface area contributed by atoms with Crippen LogP contribution in [0.15, 0.2) is 66.7 Å². The molecule has 29 heavy (non-hydrogen) atoms. The molecule has 0 aliphatic heterocycles. The maximum atomic E-state index is 11.1. The molecular weight excluding hydrogens is 372 g/mol. The Morgan fingerprint density at radius 1 is 0.724 bits per heavy atom. The van der Waals surface area contributed by atoms with Gasteiger partial charge in [-0.25, -0.2) is 4.79 Å². The van der Waals surface area contributed by atoms with Crippen molar-refractivity contribution < 1.29 is 28.8 Å². The Morgan fingerprint density at radius 2 is 1.31 bits per heavy atom. The maximum Gasteiger partial charge on any atom is 0.335 e. The van der Waals surface area contributed by atoms with Gasteiger partial charge in [0.05, 0.1) is 19.8 Å². The SMILES string of the molecule is COc1cc(COc2ccc(C(=O)O)cc2OC)ccc1OCc1ccccc1. The molecule has 1 N–H and O–H groups in total. The van der Waals surface area contributed by atoms with Crippen molar-refractivity contribution in [3.8, 4) is 23.0 Å². The Kier molecular flexibility index (Phi) is 6.58. The van der Waals surface area contributed by atoms with Crippen molar-refractivity contribution in [2.24, 2.45) is 0 Å². The van der Waals surface area contributed by atoms with Crippen LogP contribution in [0.5, 0.6) is 23.0 Å². The molecule has 0 aliphatic carbocycles. The third-order valence-corrected chi connectivity index (χ3v) is 4.27. The van der Waals surface area contributed by atoms with Crippen molar-refractivity contribution in [1.82, 2.24) is 0 Å². The number of benzene rings is 3. The summed E-state index contributed by atoms with van der Waals surface area (Å²) in [5.74, 6) is 1.05. The molecule has 0 aromatic heterocycles. The number of hydrogen-bond acceptors (Lipinski definition) is 5. The summed E-state index contributed by atoms with van der Waals surface area (Å²) >= 11 is 0. The van der Waals surface area contributed by atoms with Gasteiger partial charge in [0.2, 0.25) is 0 Å². The summed E-state index contributed by atoms with van der Waals surface area (Å²) in [5, 5.41) is 9.08. The molecule has 3 rings (SSSR count). The highest BCUT2D eigenvalue weighted by Gasteiger charge is 2.11. The van der Waals surface area contributed by atoms with Gasteiger partial charge in [-0.05, 0) is 41.5 Å². The largest absolute Gasteiger partial charge is 0.493 e. The van der Waals surface area contributed by atoms with Crippen LogP contribution >= 0.6 is 0 Å². The van der Waals surface area contributed by atoms with Crippen molar-refractivity contribution in [3.63, 3.8) is 0 Å². The molecule has 0 amide bonds. The monoisotopic (exact) mass is 394 g/mol. The van der Waals surface area contributed by atoms with E-state index in [1.54, 1.807) is 13.2 Å². The summed E-state index contributed by atoms with van der Waals surface area (Å²) < 4.78 is 22.3. The van der Waals surface area contributed by atoms with Crippen LogP contribution < -0.4 is 18.9 Å². The lowest BCUT2D eigenvalue weighted by Crippen LogP contribution is -2.02. The third-order valence-electron chi connectivity index (χ3n) is 4.27. The van der Waals surface area contributed by atoms with E-state index in [0.29, 0.717) is 29.6 Å². The number of ether oxygens (including phenoxy) is 4. The summed E-state index contributed by atoms with van der Waals surface area (Å²) in [6.07, 6.45) is 0. The zero-order valence-electron chi connectivity index (χ0n) is 16.3. The molecule has 0 fully saturated rings. The summed E-state index contributed by atoms with van der Waals surface area (Å²) in [4.78, 5) is 11.1. The average molecular weight is 394 g/mol. The highest BCUT2D eigenvalue weighted by Crippen LogP contribution is 2.31. The lowest BCUT2D eigenvalue weighted by Gasteiger charge is -2.14. The molecule has 0 radical (unpaired) electrons. The first-order valence-electron chi connectivity index (χ1n) is 8.98. The van der Waals surface area contributed by atoms with Gasteiger partial charge in [-0.2, -0.15) is 0 Å². The van der Waals surface area contributed by atoms with Crippen LogP contribution in [-0.4, -0.2) is 25.3 Å². The van der Waals surface area contributed by atoms with Gasteiger partial charge < -0.3 is 24.1 Å². The topological polar surface area (TPSA) is 74.2 Å². The van der Waals surface area contributed by atoms with E-state index in [0.717, 1.165) is 11.1 Å². The number of aromatic carboxylic acids is 1. The quantitative estimate of drug-likeness (QED) is 0.573. The summed E-state index contributed by atoms with van der Waals surface area (Å²) in [7, 11) is 3.05. The molecule has 0 saturated carbocycles. The Labute approximate surface area is 169 Å². The van der Waals surface area contributed by atoms with E-state index in [-0.39, 0.29) is 12.2 Å². The number of carboxylic acid groups (broad SMARTS) is 1. The molecule has 0 aliphatic rings. The Morgan fingerprint density at radius 3 is 1.93 bits per heavy atom. The maximum absolute atomic E-state index is 11.1. The van der Waals surface area contributed by atoms with Crippen LogP contribution in [0.3, 0.4) is 0 Å². The minimum Gasteiger partial charge on any atom is -0.493 e. The van der Waals surface area contributed by atoms with Crippen molar-refractivity contribution in [1.29, 1.82) is 0 Å². The second-order valence-electron chi connectivity index (χ2n) is 6.22. The van der Waals surface area contributed by atoms with Gasteiger partial charge in [-0.3, -0.25) is 0 Å². The van der Waals surface area contributed by atoms with E-state index in [1.165, 1.54) is 19.2 Å². The van der Waals surface area contributed by atoms with Crippen molar-refractivity contribution in [2.45, 2.75) is 13.2 Å². The molecule has 150 valence electrons. The van der Waals surface area contributed by atoms with E-state index in [2.05, 4.69) is 0 Å². The third kappa shape index (κ3) is 5.19. The van der Waals surface area contributed by atoms with Crippen molar-refractivity contribution in [3.05, 3.63) is 83.4 Å². The first-order chi connectivity index (χ1) is 14.1. The zero-order valence-corrected chi connectivity index (χ0v) is 16.3. The number of rotatable bonds is 9. The second-order valence-corrected chi connectivity index (χ2v) is 6.22. The Bertz CT molecular complexity index is 968. The molecule has 6 nitrogen and oxygen atoms in total. The number of methoxy groups -OCH3 is 2. The van der Waals surface area contributed by atoms with Crippen LogP contribution in [0, 0.1) is 0 Å². The zero-order chi connectivity index (χ0) is 20.6. The first-order valence-corrected chi connectivity index (χ1v) is 8.98. The molecule has 3 aromatic carbocycles. The van der Waals surface area contributed by atoms with Crippen LogP contribution in [0.25, 0.3) is 0 Å². The predicted molar refractivity (Wildman–Crippen MR) is 108 cm³/mol. The number of carbonyl (C=O) groups is 1. The fourth-order valence-corrected chi connectivity index (χ4v) is 2.74. The molecule has 0 atom stereocenters. The summed E-state index contributed by atoms with van der Waals surface area (Å²) in [6.45, 7) is 0.707. The van der Waals surface area contributed by atoms with E-state index in [4.69, 9.17) is 24.1 Å².